The normalized spacial score (nSPS) is 14.5. The lowest BCUT2D eigenvalue weighted by atomic mass is 10.3. The molecule has 1 heterocycles. The highest BCUT2D eigenvalue weighted by Gasteiger charge is 2.27. The topological polar surface area (TPSA) is 37.8 Å². The third kappa shape index (κ3) is 3.04. The Morgan fingerprint density at radius 1 is 1.26 bits per heavy atom. The standard InChI is InChI=1S/C13H10BrClFN3/c14-9-5-8(16)3-4-10(9)17-12-6-11(15)18-13(19-12)7-1-2-7/h3-7H,1-2H2,(H,17,18,19). The smallest absolute Gasteiger partial charge is 0.135 e. The minimum Gasteiger partial charge on any atom is -0.339 e. The molecule has 0 aliphatic heterocycles. The second-order valence-electron chi connectivity index (χ2n) is 4.46. The Labute approximate surface area is 123 Å². The van der Waals surface area contributed by atoms with Crippen LogP contribution in [0.1, 0.15) is 24.6 Å². The summed E-state index contributed by atoms with van der Waals surface area (Å²) in [4.78, 5) is 8.65. The number of anilines is 2. The van der Waals surface area contributed by atoms with Crippen LogP contribution in [0, 0.1) is 5.82 Å². The largest absolute Gasteiger partial charge is 0.339 e. The molecule has 3 nitrogen and oxygen atoms in total. The van der Waals surface area contributed by atoms with Crippen molar-refractivity contribution in [3.63, 3.8) is 0 Å². The molecule has 0 radical (unpaired) electrons. The number of nitrogens with zero attached hydrogens (tertiary/aromatic N) is 2. The first-order valence-corrected chi connectivity index (χ1v) is 7.05. The summed E-state index contributed by atoms with van der Waals surface area (Å²) in [5, 5.41) is 3.53. The molecule has 1 aromatic heterocycles. The van der Waals surface area contributed by atoms with E-state index in [1.54, 1.807) is 12.1 Å². The molecule has 1 fully saturated rings. The van der Waals surface area contributed by atoms with E-state index in [4.69, 9.17) is 11.6 Å². The van der Waals surface area contributed by atoms with Crippen molar-refractivity contribution in [3.8, 4) is 0 Å². The van der Waals surface area contributed by atoms with Gasteiger partial charge in [-0.2, -0.15) is 0 Å². The molecule has 2 aromatic rings. The van der Waals surface area contributed by atoms with Gasteiger partial charge < -0.3 is 5.32 Å². The van der Waals surface area contributed by atoms with Crippen LogP contribution in [0.25, 0.3) is 0 Å². The quantitative estimate of drug-likeness (QED) is 0.825. The molecule has 3 rings (SSSR count). The Kier molecular flexibility index (Phi) is 3.41. The first-order valence-electron chi connectivity index (χ1n) is 5.88. The Balaban J connectivity index is 1.89. The van der Waals surface area contributed by atoms with Crippen molar-refractivity contribution in [1.29, 1.82) is 0 Å². The first-order chi connectivity index (χ1) is 9.11. The highest BCUT2D eigenvalue weighted by molar-refractivity contribution is 9.10. The van der Waals surface area contributed by atoms with E-state index in [1.165, 1.54) is 12.1 Å². The predicted octanol–water partition coefficient (Wildman–Crippen LogP) is 4.65. The zero-order valence-electron chi connectivity index (χ0n) is 9.83. The van der Waals surface area contributed by atoms with Crippen molar-refractivity contribution < 1.29 is 4.39 Å². The van der Waals surface area contributed by atoms with Crippen molar-refractivity contribution in [1.82, 2.24) is 9.97 Å². The molecule has 0 amide bonds. The van der Waals surface area contributed by atoms with E-state index in [0.717, 1.165) is 24.4 Å². The van der Waals surface area contributed by atoms with Gasteiger partial charge in [-0.25, -0.2) is 14.4 Å². The van der Waals surface area contributed by atoms with Gasteiger partial charge in [0.05, 0.1) is 5.69 Å². The maximum atomic E-state index is 13.0. The highest BCUT2D eigenvalue weighted by Crippen LogP contribution is 2.39. The summed E-state index contributed by atoms with van der Waals surface area (Å²) in [7, 11) is 0. The van der Waals surface area contributed by atoms with E-state index in [0.29, 0.717) is 21.4 Å². The Morgan fingerprint density at radius 2 is 2.05 bits per heavy atom. The molecular weight excluding hydrogens is 333 g/mol. The second kappa shape index (κ2) is 5.06. The summed E-state index contributed by atoms with van der Waals surface area (Å²) < 4.78 is 13.7. The van der Waals surface area contributed by atoms with E-state index in [9.17, 15) is 4.39 Å². The van der Waals surface area contributed by atoms with Gasteiger partial charge in [0.15, 0.2) is 0 Å². The number of nitrogens with one attached hydrogen (secondary N) is 1. The van der Waals surface area contributed by atoms with E-state index < -0.39 is 0 Å². The molecule has 1 aliphatic carbocycles. The molecule has 1 saturated carbocycles. The van der Waals surface area contributed by atoms with Crippen LogP contribution < -0.4 is 5.32 Å². The molecule has 19 heavy (non-hydrogen) atoms. The zero-order valence-corrected chi connectivity index (χ0v) is 12.2. The maximum absolute atomic E-state index is 13.0. The molecule has 0 atom stereocenters. The van der Waals surface area contributed by atoms with Crippen molar-refractivity contribution >= 4 is 39.0 Å². The third-order valence-corrected chi connectivity index (χ3v) is 3.70. The van der Waals surface area contributed by atoms with Crippen LogP contribution in [0.4, 0.5) is 15.9 Å². The van der Waals surface area contributed by atoms with Gasteiger partial charge in [-0.05, 0) is 47.0 Å². The zero-order chi connectivity index (χ0) is 13.4. The van der Waals surface area contributed by atoms with Gasteiger partial charge in [0.25, 0.3) is 0 Å². The van der Waals surface area contributed by atoms with Gasteiger partial charge >= 0.3 is 0 Å². The fourth-order valence-corrected chi connectivity index (χ4v) is 2.39. The molecule has 1 N–H and O–H groups in total. The van der Waals surface area contributed by atoms with Crippen molar-refractivity contribution in [2.75, 3.05) is 5.32 Å². The highest BCUT2D eigenvalue weighted by atomic mass is 79.9. The Morgan fingerprint density at radius 3 is 2.74 bits per heavy atom. The third-order valence-electron chi connectivity index (χ3n) is 2.85. The van der Waals surface area contributed by atoms with E-state index in [1.807, 2.05) is 0 Å². The van der Waals surface area contributed by atoms with Gasteiger partial charge in [-0.15, -0.1) is 0 Å². The van der Waals surface area contributed by atoms with Crippen molar-refractivity contribution in [2.45, 2.75) is 18.8 Å². The SMILES string of the molecule is Fc1ccc(Nc2cc(Cl)nc(C3CC3)n2)c(Br)c1. The van der Waals surface area contributed by atoms with Gasteiger partial charge in [0.1, 0.15) is 22.6 Å². The van der Waals surface area contributed by atoms with Crippen LogP contribution in [0.2, 0.25) is 5.15 Å². The van der Waals surface area contributed by atoms with Gasteiger partial charge in [0, 0.05) is 16.5 Å². The van der Waals surface area contributed by atoms with Gasteiger partial charge in [-0.3, -0.25) is 0 Å². The minimum absolute atomic E-state index is 0.295. The fraction of sp³-hybridized carbons (Fsp3) is 0.231. The van der Waals surface area contributed by atoms with E-state index in [-0.39, 0.29) is 5.82 Å². The first kappa shape index (κ1) is 12.8. The van der Waals surface area contributed by atoms with Gasteiger partial charge in [-0.1, -0.05) is 11.6 Å². The summed E-state index contributed by atoms with van der Waals surface area (Å²) in [6, 6.07) is 6.08. The van der Waals surface area contributed by atoms with E-state index in [2.05, 4.69) is 31.2 Å². The Hall–Kier alpha value is -1.20. The molecule has 0 saturated heterocycles. The average molecular weight is 343 g/mol. The number of hydrogen-bond acceptors (Lipinski definition) is 3. The monoisotopic (exact) mass is 341 g/mol. The number of halogens is 3. The minimum atomic E-state index is -0.295. The summed E-state index contributed by atoms with van der Waals surface area (Å²) in [6.45, 7) is 0. The van der Waals surface area contributed by atoms with Crippen LogP contribution in [-0.2, 0) is 0 Å². The van der Waals surface area contributed by atoms with Crippen LogP contribution in [0.3, 0.4) is 0 Å². The molecule has 0 spiro atoms. The van der Waals surface area contributed by atoms with E-state index >= 15 is 0 Å². The lowest BCUT2D eigenvalue weighted by Crippen LogP contribution is -2.00. The average Bonchev–Trinajstić information content (AvgIpc) is 3.16. The molecule has 6 heteroatoms. The molecule has 0 bridgehead atoms. The van der Waals surface area contributed by atoms with Crippen molar-refractivity contribution in [2.24, 2.45) is 0 Å². The maximum Gasteiger partial charge on any atom is 0.135 e. The summed E-state index contributed by atoms with van der Waals surface area (Å²) >= 11 is 9.29. The Bertz CT molecular complexity index is 631. The molecule has 1 aliphatic rings. The van der Waals surface area contributed by atoms with Crippen LogP contribution in [-0.4, -0.2) is 9.97 Å². The second-order valence-corrected chi connectivity index (χ2v) is 5.70. The molecule has 1 aromatic carbocycles. The van der Waals surface area contributed by atoms with Crippen molar-refractivity contribution in [3.05, 3.63) is 45.5 Å². The summed E-state index contributed by atoms with van der Waals surface area (Å²) in [5.74, 6) is 1.52. The van der Waals surface area contributed by atoms with Crippen LogP contribution in [0.5, 0.6) is 0 Å². The van der Waals surface area contributed by atoms with Crippen LogP contribution in [0.15, 0.2) is 28.7 Å². The number of hydrogen-bond donors (Lipinski definition) is 1. The van der Waals surface area contributed by atoms with Gasteiger partial charge in [0.2, 0.25) is 0 Å². The fourth-order valence-electron chi connectivity index (χ4n) is 1.75. The molecular formula is C13H10BrClFN3. The number of rotatable bonds is 3. The summed E-state index contributed by atoms with van der Waals surface area (Å²) in [6.07, 6.45) is 2.22. The summed E-state index contributed by atoms with van der Waals surface area (Å²) in [5.41, 5.74) is 0.734. The van der Waals surface area contributed by atoms with Crippen LogP contribution >= 0.6 is 27.5 Å². The lowest BCUT2D eigenvalue weighted by Gasteiger charge is -2.09. The number of benzene rings is 1. The predicted molar refractivity (Wildman–Crippen MR) is 76.4 cm³/mol. The number of aromatic nitrogens is 2. The lowest BCUT2D eigenvalue weighted by molar-refractivity contribution is 0.627. The molecule has 98 valence electrons. The molecule has 0 unspecified atom stereocenters.